The van der Waals surface area contributed by atoms with E-state index in [4.69, 9.17) is 0 Å². The number of esters is 1. The number of aryl methyl sites for hydroxylation is 1. The van der Waals surface area contributed by atoms with Crippen molar-refractivity contribution in [2.75, 3.05) is 20.2 Å². The van der Waals surface area contributed by atoms with Gasteiger partial charge < -0.3 is 9.64 Å². The van der Waals surface area contributed by atoms with Crippen LogP contribution in [0.15, 0.2) is 22.7 Å². The van der Waals surface area contributed by atoms with Gasteiger partial charge in [-0.15, -0.1) is 0 Å². The molecule has 0 N–H and O–H groups in total. The highest BCUT2D eigenvalue weighted by atomic mass is 79.9. The molecule has 0 aromatic heterocycles. The van der Waals surface area contributed by atoms with Crippen molar-refractivity contribution in [2.45, 2.75) is 27.2 Å². The summed E-state index contributed by atoms with van der Waals surface area (Å²) < 4.78 is 5.55. The van der Waals surface area contributed by atoms with Crippen LogP contribution in [-0.2, 0) is 9.53 Å². The number of rotatable bonds is 6. The summed E-state index contributed by atoms with van der Waals surface area (Å²) in [4.78, 5) is 25.6. The van der Waals surface area contributed by atoms with Gasteiger partial charge in [-0.05, 0) is 30.5 Å². The number of hydrogen-bond acceptors (Lipinski definition) is 3. The van der Waals surface area contributed by atoms with E-state index in [1.54, 1.807) is 4.90 Å². The first-order chi connectivity index (χ1) is 9.85. The Bertz CT molecular complexity index is 514. The molecule has 0 unspecified atom stereocenters. The number of carbonyl (C=O) groups excluding carboxylic acids is 2. The second-order valence-electron chi connectivity index (χ2n) is 5.44. The average molecular weight is 356 g/mol. The maximum atomic E-state index is 12.6. The Hall–Kier alpha value is -1.36. The van der Waals surface area contributed by atoms with E-state index in [9.17, 15) is 9.59 Å². The maximum Gasteiger partial charge on any atom is 0.307 e. The maximum absolute atomic E-state index is 12.6. The average Bonchev–Trinajstić information content (AvgIpc) is 2.44. The molecule has 0 aliphatic heterocycles. The van der Waals surface area contributed by atoms with Gasteiger partial charge in [0.2, 0.25) is 0 Å². The van der Waals surface area contributed by atoms with Crippen molar-refractivity contribution in [3.8, 4) is 0 Å². The van der Waals surface area contributed by atoms with Crippen molar-refractivity contribution >= 4 is 27.8 Å². The molecule has 5 heteroatoms. The monoisotopic (exact) mass is 355 g/mol. The first kappa shape index (κ1) is 17.7. The summed E-state index contributed by atoms with van der Waals surface area (Å²) in [5.41, 5.74) is 1.70. The summed E-state index contributed by atoms with van der Waals surface area (Å²) in [5.74, 6) is -0.0320. The molecule has 1 amide bonds. The second kappa shape index (κ2) is 8.17. The van der Waals surface area contributed by atoms with Crippen LogP contribution in [-0.4, -0.2) is 37.0 Å². The predicted octanol–water partition coefficient (Wildman–Crippen LogP) is 3.42. The van der Waals surface area contributed by atoms with Gasteiger partial charge in [-0.3, -0.25) is 9.59 Å². The van der Waals surface area contributed by atoms with E-state index in [0.29, 0.717) is 24.6 Å². The SMILES string of the molecule is COC(=O)CCN(CC(C)C)C(=O)c1ccc(C)c(Br)c1. The van der Waals surface area contributed by atoms with Crippen LogP contribution in [0.5, 0.6) is 0 Å². The third-order valence-corrected chi connectivity index (χ3v) is 3.96. The Balaban J connectivity index is 2.87. The molecule has 0 fully saturated rings. The molecule has 116 valence electrons. The van der Waals surface area contributed by atoms with Gasteiger partial charge in [0.15, 0.2) is 0 Å². The van der Waals surface area contributed by atoms with E-state index in [1.165, 1.54) is 7.11 Å². The molecule has 4 nitrogen and oxygen atoms in total. The third kappa shape index (κ3) is 5.50. The van der Waals surface area contributed by atoms with Crippen molar-refractivity contribution in [1.82, 2.24) is 4.90 Å². The molecule has 0 aliphatic rings. The van der Waals surface area contributed by atoms with Crippen LogP contribution in [0.3, 0.4) is 0 Å². The van der Waals surface area contributed by atoms with E-state index >= 15 is 0 Å². The zero-order valence-corrected chi connectivity index (χ0v) is 14.6. The number of methoxy groups -OCH3 is 1. The molecule has 1 aromatic rings. The zero-order valence-electron chi connectivity index (χ0n) is 13.0. The second-order valence-corrected chi connectivity index (χ2v) is 6.29. The molecule has 0 heterocycles. The molecule has 21 heavy (non-hydrogen) atoms. The topological polar surface area (TPSA) is 46.6 Å². The summed E-state index contributed by atoms with van der Waals surface area (Å²) in [7, 11) is 1.36. The highest BCUT2D eigenvalue weighted by Crippen LogP contribution is 2.19. The molecule has 0 aliphatic carbocycles. The third-order valence-electron chi connectivity index (χ3n) is 3.11. The lowest BCUT2D eigenvalue weighted by Gasteiger charge is -2.24. The van der Waals surface area contributed by atoms with Crippen LogP contribution >= 0.6 is 15.9 Å². The van der Waals surface area contributed by atoms with Crippen LogP contribution in [0.25, 0.3) is 0 Å². The van der Waals surface area contributed by atoms with E-state index in [-0.39, 0.29) is 18.3 Å². The molecule has 1 aromatic carbocycles. The van der Waals surface area contributed by atoms with Crippen molar-refractivity contribution in [2.24, 2.45) is 5.92 Å². The summed E-state index contributed by atoms with van der Waals surface area (Å²) in [6.45, 7) is 7.05. The van der Waals surface area contributed by atoms with Crippen LogP contribution in [0.2, 0.25) is 0 Å². The van der Waals surface area contributed by atoms with Crippen molar-refractivity contribution in [3.05, 3.63) is 33.8 Å². The standard InChI is InChI=1S/C16H22BrNO3/c1-11(2)10-18(8-7-15(19)21-4)16(20)13-6-5-12(3)14(17)9-13/h5-6,9,11H,7-8,10H2,1-4H3. The lowest BCUT2D eigenvalue weighted by atomic mass is 10.1. The predicted molar refractivity (Wildman–Crippen MR) is 86.3 cm³/mol. The van der Waals surface area contributed by atoms with Gasteiger partial charge in [0.25, 0.3) is 5.91 Å². The number of ether oxygens (including phenoxy) is 1. The molecule has 0 bridgehead atoms. The van der Waals surface area contributed by atoms with E-state index in [0.717, 1.165) is 10.0 Å². The van der Waals surface area contributed by atoms with Crippen LogP contribution in [0, 0.1) is 12.8 Å². The van der Waals surface area contributed by atoms with Gasteiger partial charge in [-0.25, -0.2) is 0 Å². The fourth-order valence-electron chi connectivity index (χ4n) is 1.95. The fraction of sp³-hybridized carbons (Fsp3) is 0.500. The van der Waals surface area contributed by atoms with Crippen LogP contribution < -0.4 is 0 Å². The summed E-state index contributed by atoms with van der Waals surface area (Å²) in [6.07, 6.45) is 0.210. The Morgan fingerprint density at radius 3 is 2.52 bits per heavy atom. The molecule has 0 saturated heterocycles. The molecular formula is C16H22BrNO3. The molecule has 0 saturated carbocycles. The molecule has 0 radical (unpaired) electrons. The molecule has 0 atom stereocenters. The lowest BCUT2D eigenvalue weighted by molar-refractivity contribution is -0.140. The lowest BCUT2D eigenvalue weighted by Crippen LogP contribution is -2.36. The van der Waals surface area contributed by atoms with Gasteiger partial charge in [-0.2, -0.15) is 0 Å². The van der Waals surface area contributed by atoms with Crippen molar-refractivity contribution < 1.29 is 14.3 Å². The number of amides is 1. The largest absolute Gasteiger partial charge is 0.469 e. The first-order valence-corrected chi connectivity index (χ1v) is 7.76. The minimum atomic E-state index is -0.304. The number of nitrogens with zero attached hydrogens (tertiary/aromatic N) is 1. The number of halogens is 1. The highest BCUT2D eigenvalue weighted by molar-refractivity contribution is 9.10. The van der Waals surface area contributed by atoms with Crippen LogP contribution in [0.4, 0.5) is 0 Å². The molecule has 1 rings (SSSR count). The number of hydrogen-bond donors (Lipinski definition) is 0. The number of benzene rings is 1. The van der Waals surface area contributed by atoms with E-state index in [2.05, 4.69) is 20.7 Å². The van der Waals surface area contributed by atoms with Gasteiger partial charge >= 0.3 is 5.97 Å². The van der Waals surface area contributed by atoms with Crippen molar-refractivity contribution in [3.63, 3.8) is 0 Å². The van der Waals surface area contributed by atoms with E-state index in [1.807, 2.05) is 39.0 Å². The van der Waals surface area contributed by atoms with Gasteiger partial charge in [-0.1, -0.05) is 35.8 Å². The van der Waals surface area contributed by atoms with Gasteiger partial charge in [0.05, 0.1) is 13.5 Å². The van der Waals surface area contributed by atoms with Crippen molar-refractivity contribution in [1.29, 1.82) is 0 Å². The van der Waals surface area contributed by atoms with E-state index < -0.39 is 0 Å². The van der Waals surface area contributed by atoms with Gasteiger partial charge in [0.1, 0.15) is 0 Å². The minimum absolute atomic E-state index is 0.0618. The zero-order chi connectivity index (χ0) is 16.0. The normalized spacial score (nSPS) is 10.6. The number of carbonyl (C=O) groups is 2. The highest BCUT2D eigenvalue weighted by Gasteiger charge is 2.18. The molecular weight excluding hydrogens is 334 g/mol. The first-order valence-electron chi connectivity index (χ1n) is 6.97. The van der Waals surface area contributed by atoms with Crippen LogP contribution in [0.1, 0.15) is 36.2 Å². The minimum Gasteiger partial charge on any atom is -0.469 e. The Kier molecular flexibility index (Phi) is 6.89. The fourth-order valence-corrected chi connectivity index (χ4v) is 2.33. The summed E-state index contributed by atoms with van der Waals surface area (Å²) in [5, 5.41) is 0. The molecule has 0 spiro atoms. The summed E-state index contributed by atoms with van der Waals surface area (Å²) in [6, 6.07) is 5.54. The smallest absolute Gasteiger partial charge is 0.307 e. The Morgan fingerprint density at radius 2 is 2.00 bits per heavy atom. The van der Waals surface area contributed by atoms with Gasteiger partial charge in [0, 0.05) is 23.1 Å². The Morgan fingerprint density at radius 1 is 1.33 bits per heavy atom. The Labute approximate surface area is 134 Å². The summed E-state index contributed by atoms with van der Waals surface area (Å²) >= 11 is 3.44. The quantitative estimate of drug-likeness (QED) is 0.734.